The van der Waals surface area contributed by atoms with Gasteiger partial charge in [0, 0.05) is 35.4 Å². The van der Waals surface area contributed by atoms with Gasteiger partial charge in [-0.25, -0.2) is 14.8 Å². The maximum Gasteiger partial charge on any atom is 0.573 e. The molecule has 0 spiro atoms. The number of hydrogen-bond acceptors (Lipinski definition) is 6. The number of amides is 2. The highest BCUT2D eigenvalue weighted by molar-refractivity contribution is 6.00. The van der Waals surface area contributed by atoms with E-state index in [1.165, 1.54) is 24.5 Å². The maximum atomic E-state index is 12.3. The Morgan fingerprint density at radius 1 is 0.971 bits per heavy atom. The number of carbonyl (C=O) groups excluding carboxylic acids is 1. The van der Waals surface area contributed by atoms with E-state index in [0.29, 0.717) is 24.1 Å². The number of nitrogens with zero attached hydrogens (tertiary/aromatic N) is 2. The van der Waals surface area contributed by atoms with Crippen LogP contribution in [-0.4, -0.2) is 40.0 Å². The van der Waals surface area contributed by atoms with Crippen LogP contribution < -0.4 is 20.1 Å². The first-order chi connectivity index (χ1) is 16.6. The summed E-state index contributed by atoms with van der Waals surface area (Å²) in [5, 5.41) is 14.2. The van der Waals surface area contributed by atoms with E-state index in [4.69, 9.17) is 4.74 Å². The van der Waals surface area contributed by atoms with Gasteiger partial charge in [-0.05, 0) is 42.7 Å². The molecule has 1 fully saturated rings. The number of halogens is 3. The molecule has 1 aliphatic rings. The molecule has 0 bridgehead atoms. The Morgan fingerprint density at radius 2 is 1.63 bits per heavy atom. The molecule has 9 nitrogen and oxygen atoms in total. The molecule has 0 aliphatic heterocycles. The SMILES string of the molecule is O=C(Nc1ccc(-c2cnc(OCC3(C(=O)O)CC3)nc2)cc1)Nc1cccc(OC(F)(F)F)c1. The van der Waals surface area contributed by atoms with Crippen molar-refractivity contribution in [1.29, 1.82) is 0 Å². The van der Waals surface area contributed by atoms with Crippen LogP contribution in [0.1, 0.15) is 12.8 Å². The molecule has 1 saturated carbocycles. The minimum absolute atomic E-state index is 0.0176. The summed E-state index contributed by atoms with van der Waals surface area (Å²) in [6, 6.07) is 11.0. The van der Waals surface area contributed by atoms with Crippen LogP contribution in [0.15, 0.2) is 60.9 Å². The number of carbonyl (C=O) groups is 2. The van der Waals surface area contributed by atoms with Crippen LogP contribution in [-0.2, 0) is 4.79 Å². The van der Waals surface area contributed by atoms with Crippen LogP contribution >= 0.6 is 0 Å². The quantitative estimate of drug-likeness (QED) is 0.411. The molecule has 1 heterocycles. The van der Waals surface area contributed by atoms with Gasteiger partial charge < -0.3 is 25.2 Å². The van der Waals surface area contributed by atoms with Gasteiger partial charge in [0.25, 0.3) is 0 Å². The lowest BCUT2D eigenvalue weighted by Gasteiger charge is -2.12. The average Bonchev–Trinajstić information content (AvgIpc) is 3.59. The number of anilines is 2. The Balaban J connectivity index is 1.31. The normalized spacial score (nSPS) is 14.0. The second-order valence-corrected chi connectivity index (χ2v) is 7.86. The van der Waals surface area contributed by atoms with E-state index in [-0.39, 0.29) is 18.3 Å². The number of rotatable bonds is 8. The summed E-state index contributed by atoms with van der Waals surface area (Å²) in [4.78, 5) is 31.6. The topological polar surface area (TPSA) is 123 Å². The van der Waals surface area contributed by atoms with E-state index in [1.807, 2.05) is 0 Å². The highest BCUT2D eigenvalue weighted by Gasteiger charge is 2.51. The van der Waals surface area contributed by atoms with Crippen LogP contribution in [0.5, 0.6) is 11.8 Å². The third-order valence-corrected chi connectivity index (χ3v) is 5.21. The zero-order valence-electron chi connectivity index (χ0n) is 18.0. The zero-order chi connectivity index (χ0) is 25.1. The molecule has 35 heavy (non-hydrogen) atoms. The molecular formula is C23H19F3N4O5. The Labute approximate surface area is 196 Å². The molecule has 0 saturated heterocycles. The lowest BCUT2D eigenvalue weighted by molar-refractivity contribution is -0.274. The highest BCUT2D eigenvalue weighted by Crippen LogP contribution is 2.45. The molecule has 3 N–H and O–H groups in total. The van der Waals surface area contributed by atoms with Crippen molar-refractivity contribution in [2.45, 2.75) is 19.2 Å². The molecule has 2 aromatic carbocycles. The first-order valence-corrected chi connectivity index (χ1v) is 10.3. The second kappa shape index (κ2) is 9.49. The molecule has 1 aliphatic carbocycles. The van der Waals surface area contributed by atoms with E-state index in [0.717, 1.165) is 17.7 Å². The molecular weight excluding hydrogens is 469 g/mol. The Hall–Kier alpha value is -4.35. The van der Waals surface area contributed by atoms with E-state index in [2.05, 4.69) is 25.3 Å². The molecule has 2 amide bonds. The standard InChI is InChI=1S/C23H19F3N4O5/c24-23(25,26)35-18-3-1-2-17(10-18)30-20(33)29-16-6-4-14(5-7-16)15-11-27-21(28-12-15)34-13-22(8-9-22)19(31)32/h1-7,10-12H,8-9,13H2,(H,31,32)(H2,29,30,33). The molecule has 4 rings (SSSR count). The number of nitrogens with one attached hydrogen (secondary N) is 2. The van der Waals surface area contributed by atoms with Gasteiger partial charge in [0.15, 0.2) is 0 Å². The Bertz CT molecular complexity index is 1210. The van der Waals surface area contributed by atoms with Crippen LogP contribution in [0.25, 0.3) is 11.1 Å². The molecule has 1 aromatic heterocycles. The van der Waals surface area contributed by atoms with Crippen molar-refractivity contribution < 1.29 is 37.3 Å². The molecule has 3 aromatic rings. The summed E-state index contributed by atoms with van der Waals surface area (Å²) in [5.74, 6) is -1.34. The van der Waals surface area contributed by atoms with Crippen LogP contribution in [0.2, 0.25) is 0 Å². The number of aromatic nitrogens is 2. The van der Waals surface area contributed by atoms with Crippen molar-refractivity contribution in [3.63, 3.8) is 0 Å². The first kappa shape index (κ1) is 23.8. The Kier molecular flexibility index (Phi) is 6.45. The third-order valence-electron chi connectivity index (χ3n) is 5.21. The van der Waals surface area contributed by atoms with Crippen LogP contribution in [0.3, 0.4) is 0 Å². The molecule has 182 valence electrons. The largest absolute Gasteiger partial charge is 0.573 e. The first-order valence-electron chi connectivity index (χ1n) is 10.3. The molecule has 12 heteroatoms. The summed E-state index contributed by atoms with van der Waals surface area (Å²) >= 11 is 0. The monoisotopic (exact) mass is 488 g/mol. The predicted molar refractivity (Wildman–Crippen MR) is 118 cm³/mol. The van der Waals surface area contributed by atoms with Crippen LogP contribution in [0, 0.1) is 5.41 Å². The number of carboxylic acids is 1. The molecule has 0 unspecified atom stereocenters. The van der Waals surface area contributed by atoms with Crippen molar-refractivity contribution in [3.05, 3.63) is 60.9 Å². The fourth-order valence-corrected chi connectivity index (χ4v) is 3.12. The lowest BCUT2D eigenvalue weighted by Crippen LogP contribution is -2.23. The summed E-state index contributed by atoms with van der Waals surface area (Å²) in [6.45, 7) is 0.0176. The van der Waals surface area contributed by atoms with E-state index in [9.17, 15) is 27.9 Å². The fourth-order valence-electron chi connectivity index (χ4n) is 3.12. The van der Waals surface area contributed by atoms with Crippen LogP contribution in [0.4, 0.5) is 29.3 Å². The minimum Gasteiger partial charge on any atom is -0.481 e. The van der Waals surface area contributed by atoms with Gasteiger partial charge in [-0.1, -0.05) is 18.2 Å². The number of urea groups is 1. The number of aliphatic carboxylic acids is 1. The maximum absolute atomic E-state index is 12.3. The summed E-state index contributed by atoms with van der Waals surface area (Å²) < 4.78 is 46.3. The van der Waals surface area contributed by atoms with Gasteiger partial charge >= 0.3 is 24.4 Å². The van der Waals surface area contributed by atoms with E-state index < -0.39 is 29.5 Å². The second-order valence-electron chi connectivity index (χ2n) is 7.86. The molecule has 0 radical (unpaired) electrons. The smallest absolute Gasteiger partial charge is 0.481 e. The van der Waals surface area contributed by atoms with Gasteiger partial charge in [-0.2, -0.15) is 0 Å². The van der Waals surface area contributed by atoms with Crippen molar-refractivity contribution in [1.82, 2.24) is 9.97 Å². The van der Waals surface area contributed by atoms with Crippen molar-refractivity contribution in [3.8, 4) is 22.9 Å². The minimum atomic E-state index is -4.83. The summed E-state index contributed by atoms with van der Waals surface area (Å²) in [6.07, 6.45) is -0.627. The Morgan fingerprint density at radius 3 is 2.23 bits per heavy atom. The van der Waals surface area contributed by atoms with Crippen molar-refractivity contribution in [2.24, 2.45) is 5.41 Å². The zero-order valence-corrected chi connectivity index (χ0v) is 18.0. The van der Waals surface area contributed by atoms with Crippen molar-refractivity contribution >= 4 is 23.4 Å². The number of alkyl halides is 3. The number of carboxylic acid groups (broad SMARTS) is 1. The van der Waals surface area contributed by atoms with Gasteiger partial charge in [0.2, 0.25) is 0 Å². The highest BCUT2D eigenvalue weighted by atomic mass is 19.4. The molecule has 0 atom stereocenters. The van der Waals surface area contributed by atoms with Gasteiger partial charge in [0.1, 0.15) is 17.8 Å². The van der Waals surface area contributed by atoms with Gasteiger partial charge in [-0.3, -0.25) is 4.79 Å². The number of benzene rings is 2. The third kappa shape index (κ3) is 6.37. The van der Waals surface area contributed by atoms with Gasteiger partial charge in [0.05, 0.1) is 0 Å². The van der Waals surface area contributed by atoms with Gasteiger partial charge in [-0.15, -0.1) is 13.2 Å². The van der Waals surface area contributed by atoms with E-state index in [1.54, 1.807) is 24.3 Å². The average molecular weight is 488 g/mol. The summed E-state index contributed by atoms with van der Waals surface area (Å²) in [7, 11) is 0. The van der Waals surface area contributed by atoms with Crippen molar-refractivity contribution in [2.75, 3.05) is 17.2 Å². The van der Waals surface area contributed by atoms with E-state index >= 15 is 0 Å². The lowest BCUT2D eigenvalue weighted by atomic mass is 10.1. The summed E-state index contributed by atoms with van der Waals surface area (Å²) in [5.41, 5.74) is 1.16. The predicted octanol–water partition coefficient (Wildman–Crippen LogP) is 4.93. The number of ether oxygens (including phenoxy) is 2. The fraction of sp³-hybridized carbons (Fsp3) is 0.217. The number of hydrogen-bond donors (Lipinski definition) is 3.